The van der Waals surface area contributed by atoms with Crippen molar-refractivity contribution in [2.24, 2.45) is 5.92 Å². The topological polar surface area (TPSA) is 64.6 Å². The molecule has 0 radical (unpaired) electrons. The predicted octanol–water partition coefficient (Wildman–Crippen LogP) is 8.55. The molecule has 0 aromatic heterocycles. The molecule has 0 saturated heterocycles. The SMILES string of the molecule is CCCCCCCCNc1ccc(-c2ccc(C(=O)Oc3ccc(C(=O)OC[C@@H](C)CC)cc3)cc2)cc1. The monoisotopic (exact) mass is 515 g/mol. The average molecular weight is 516 g/mol. The Balaban J connectivity index is 1.47. The number of hydrogen-bond acceptors (Lipinski definition) is 5. The minimum Gasteiger partial charge on any atom is -0.462 e. The van der Waals surface area contributed by atoms with E-state index in [4.69, 9.17) is 9.47 Å². The molecule has 0 saturated carbocycles. The van der Waals surface area contributed by atoms with E-state index in [1.807, 2.05) is 19.1 Å². The molecule has 3 rings (SSSR count). The lowest BCUT2D eigenvalue weighted by Crippen LogP contribution is -2.12. The van der Waals surface area contributed by atoms with Gasteiger partial charge in [0, 0.05) is 12.2 Å². The third-order valence-corrected chi connectivity index (χ3v) is 6.69. The van der Waals surface area contributed by atoms with Crippen molar-refractivity contribution in [3.63, 3.8) is 0 Å². The van der Waals surface area contributed by atoms with Gasteiger partial charge >= 0.3 is 11.9 Å². The largest absolute Gasteiger partial charge is 0.462 e. The van der Waals surface area contributed by atoms with Crippen molar-refractivity contribution in [1.29, 1.82) is 0 Å². The highest BCUT2D eigenvalue weighted by molar-refractivity contribution is 5.92. The molecule has 0 bridgehead atoms. The van der Waals surface area contributed by atoms with Gasteiger partial charge in [-0.1, -0.05) is 83.6 Å². The second kappa shape index (κ2) is 15.6. The lowest BCUT2D eigenvalue weighted by atomic mass is 10.0. The zero-order valence-corrected chi connectivity index (χ0v) is 23.0. The third kappa shape index (κ3) is 9.37. The number of carbonyl (C=O) groups is 2. The molecule has 3 aromatic carbocycles. The molecule has 0 aliphatic rings. The number of hydrogen-bond donors (Lipinski definition) is 1. The lowest BCUT2D eigenvalue weighted by molar-refractivity contribution is 0.0447. The van der Waals surface area contributed by atoms with E-state index in [2.05, 4.69) is 43.4 Å². The first-order valence-electron chi connectivity index (χ1n) is 13.9. The number of unbranched alkanes of at least 4 members (excludes halogenated alkanes) is 5. The molecule has 5 heteroatoms. The summed E-state index contributed by atoms with van der Waals surface area (Å²) >= 11 is 0. The van der Waals surface area contributed by atoms with E-state index >= 15 is 0 Å². The summed E-state index contributed by atoms with van der Waals surface area (Å²) < 4.78 is 10.8. The van der Waals surface area contributed by atoms with Crippen molar-refractivity contribution in [3.05, 3.63) is 83.9 Å². The molecule has 0 aliphatic heterocycles. The minimum absolute atomic E-state index is 0.321. The van der Waals surface area contributed by atoms with Crippen LogP contribution in [0.3, 0.4) is 0 Å². The molecule has 0 spiro atoms. The third-order valence-electron chi connectivity index (χ3n) is 6.69. The zero-order valence-electron chi connectivity index (χ0n) is 23.0. The predicted molar refractivity (Wildman–Crippen MR) is 155 cm³/mol. The Labute approximate surface area is 227 Å². The van der Waals surface area contributed by atoms with Crippen LogP contribution in [0.15, 0.2) is 72.8 Å². The summed E-state index contributed by atoms with van der Waals surface area (Å²) in [4.78, 5) is 24.8. The summed E-state index contributed by atoms with van der Waals surface area (Å²) in [6.07, 6.45) is 8.70. The summed E-state index contributed by atoms with van der Waals surface area (Å²) in [6.45, 7) is 7.72. The second-order valence-corrected chi connectivity index (χ2v) is 9.88. The maximum Gasteiger partial charge on any atom is 0.343 e. The number of nitrogens with one attached hydrogen (secondary N) is 1. The molecule has 0 aliphatic carbocycles. The first kappa shape index (κ1) is 29.0. The fourth-order valence-corrected chi connectivity index (χ4v) is 3.96. The van der Waals surface area contributed by atoms with E-state index in [0.717, 1.165) is 29.8 Å². The smallest absolute Gasteiger partial charge is 0.343 e. The zero-order chi connectivity index (χ0) is 27.2. The van der Waals surface area contributed by atoms with Crippen LogP contribution in [0, 0.1) is 5.92 Å². The van der Waals surface area contributed by atoms with Gasteiger partial charge in [-0.15, -0.1) is 0 Å². The van der Waals surface area contributed by atoms with Gasteiger partial charge in [0.2, 0.25) is 0 Å². The van der Waals surface area contributed by atoms with Crippen molar-refractivity contribution in [3.8, 4) is 16.9 Å². The number of carbonyl (C=O) groups excluding carboxylic acids is 2. The number of anilines is 1. The summed E-state index contributed by atoms with van der Waals surface area (Å²) in [7, 11) is 0. The van der Waals surface area contributed by atoms with Gasteiger partial charge in [0.15, 0.2) is 0 Å². The van der Waals surface area contributed by atoms with Gasteiger partial charge in [-0.05, 0) is 72.0 Å². The molecule has 0 heterocycles. The molecule has 3 aromatic rings. The van der Waals surface area contributed by atoms with Gasteiger partial charge in [-0.3, -0.25) is 0 Å². The fourth-order valence-electron chi connectivity index (χ4n) is 3.96. The molecule has 0 fully saturated rings. The normalized spacial score (nSPS) is 11.6. The minimum atomic E-state index is -0.446. The fraction of sp³-hybridized carbons (Fsp3) is 0.394. The lowest BCUT2D eigenvalue weighted by Gasteiger charge is -2.10. The highest BCUT2D eigenvalue weighted by Crippen LogP contribution is 2.23. The number of benzene rings is 3. The Morgan fingerprint density at radius 1 is 0.711 bits per heavy atom. The van der Waals surface area contributed by atoms with Crippen molar-refractivity contribution in [2.45, 2.75) is 65.7 Å². The second-order valence-electron chi connectivity index (χ2n) is 9.88. The maximum atomic E-state index is 12.6. The van der Waals surface area contributed by atoms with E-state index in [0.29, 0.717) is 29.4 Å². The summed E-state index contributed by atoms with van der Waals surface area (Å²) in [5.41, 5.74) is 4.14. The van der Waals surface area contributed by atoms with Crippen LogP contribution in [0.1, 0.15) is 86.4 Å². The molecular weight excluding hydrogens is 474 g/mol. The Kier molecular flexibility index (Phi) is 11.9. The molecule has 0 unspecified atom stereocenters. The molecule has 38 heavy (non-hydrogen) atoms. The van der Waals surface area contributed by atoms with E-state index in [9.17, 15) is 9.59 Å². The van der Waals surface area contributed by atoms with Gasteiger partial charge < -0.3 is 14.8 Å². The highest BCUT2D eigenvalue weighted by atomic mass is 16.5. The Morgan fingerprint density at radius 3 is 1.89 bits per heavy atom. The van der Waals surface area contributed by atoms with Crippen LogP contribution in [-0.2, 0) is 4.74 Å². The average Bonchev–Trinajstić information content (AvgIpc) is 2.96. The quantitative estimate of drug-likeness (QED) is 0.125. The van der Waals surface area contributed by atoms with E-state index in [-0.39, 0.29) is 5.97 Å². The Morgan fingerprint density at radius 2 is 1.26 bits per heavy atom. The van der Waals surface area contributed by atoms with Crippen molar-refractivity contribution in [2.75, 3.05) is 18.5 Å². The standard InChI is InChI=1S/C33H41NO4/c1-4-6-7-8-9-10-23-34-30-19-15-27(16-20-30)26-11-13-29(14-12-26)33(36)38-31-21-17-28(18-22-31)32(35)37-24-25(3)5-2/h11-22,25,34H,4-10,23-24H2,1-3H3/t25-/m0/s1. The number of esters is 2. The van der Waals surface area contributed by atoms with Crippen LogP contribution >= 0.6 is 0 Å². The van der Waals surface area contributed by atoms with E-state index in [1.54, 1.807) is 36.4 Å². The van der Waals surface area contributed by atoms with Crippen molar-refractivity contribution < 1.29 is 19.1 Å². The molecule has 202 valence electrons. The Bertz CT molecular complexity index is 1120. The molecule has 1 atom stereocenters. The molecule has 0 amide bonds. The van der Waals surface area contributed by atoms with E-state index in [1.165, 1.54) is 38.5 Å². The number of rotatable bonds is 15. The van der Waals surface area contributed by atoms with Gasteiger partial charge in [0.25, 0.3) is 0 Å². The van der Waals surface area contributed by atoms with Gasteiger partial charge in [0.05, 0.1) is 17.7 Å². The van der Waals surface area contributed by atoms with Gasteiger partial charge in [0.1, 0.15) is 5.75 Å². The van der Waals surface area contributed by atoms with Crippen LogP contribution in [-0.4, -0.2) is 25.1 Å². The van der Waals surface area contributed by atoms with E-state index < -0.39 is 5.97 Å². The highest BCUT2D eigenvalue weighted by Gasteiger charge is 2.12. The van der Waals surface area contributed by atoms with Crippen LogP contribution in [0.25, 0.3) is 11.1 Å². The molecule has 5 nitrogen and oxygen atoms in total. The first-order valence-corrected chi connectivity index (χ1v) is 13.9. The van der Waals surface area contributed by atoms with Crippen LogP contribution < -0.4 is 10.1 Å². The van der Waals surface area contributed by atoms with Crippen LogP contribution in [0.2, 0.25) is 0 Å². The first-order chi connectivity index (χ1) is 18.5. The van der Waals surface area contributed by atoms with Crippen LogP contribution in [0.4, 0.5) is 5.69 Å². The molecular formula is C33H41NO4. The summed E-state index contributed by atoms with van der Waals surface area (Å²) in [6, 6.07) is 22.2. The summed E-state index contributed by atoms with van der Waals surface area (Å²) in [5, 5.41) is 3.50. The number of ether oxygens (including phenoxy) is 2. The van der Waals surface area contributed by atoms with Gasteiger partial charge in [-0.2, -0.15) is 0 Å². The van der Waals surface area contributed by atoms with Crippen LogP contribution in [0.5, 0.6) is 5.75 Å². The van der Waals surface area contributed by atoms with Gasteiger partial charge in [-0.25, -0.2) is 9.59 Å². The van der Waals surface area contributed by atoms with Crippen molar-refractivity contribution in [1.82, 2.24) is 0 Å². The maximum absolute atomic E-state index is 12.6. The Hall–Kier alpha value is -3.60. The molecule has 1 N–H and O–H groups in total. The summed E-state index contributed by atoms with van der Waals surface area (Å²) in [5.74, 6) is -0.124. The van der Waals surface area contributed by atoms with Crippen molar-refractivity contribution >= 4 is 17.6 Å².